The molecule has 0 spiro atoms. The molecular formula is C21H23Cl2N3OS. The highest BCUT2D eigenvalue weighted by molar-refractivity contribution is 7.98. The lowest BCUT2D eigenvalue weighted by Gasteiger charge is -2.12. The Morgan fingerprint density at radius 2 is 1.96 bits per heavy atom. The summed E-state index contributed by atoms with van der Waals surface area (Å²) in [6, 6.07) is 3.87. The molecule has 0 aliphatic carbocycles. The number of benzene rings is 1. The molecule has 2 aromatic heterocycles. The number of nitrogens with zero attached hydrogens (tertiary/aromatic N) is 2. The number of carbonyl (C=O) groups is 1. The Kier molecular flexibility index (Phi) is 7.02. The summed E-state index contributed by atoms with van der Waals surface area (Å²) in [5.74, 6) is 1.63. The quantitative estimate of drug-likeness (QED) is 0.425. The van der Waals surface area contributed by atoms with Gasteiger partial charge in [-0.1, -0.05) is 36.2 Å². The van der Waals surface area contributed by atoms with Crippen LogP contribution in [0.3, 0.4) is 0 Å². The van der Waals surface area contributed by atoms with Crippen molar-refractivity contribution in [2.24, 2.45) is 0 Å². The number of aromatic nitrogens is 3. The van der Waals surface area contributed by atoms with Gasteiger partial charge in [0.05, 0.1) is 15.6 Å². The second-order valence-electron chi connectivity index (χ2n) is 7.02. The Balaban J connectivity index is 1.81. The number of carbonyl (C=O) groups excluding carboxylic acids is 1. The van der Waals surface area contributed by atoms with E-state index >= 15 is 0 Å². The van der Waals surface area contributed by atoms with Gasteiger partial charge in [0.2, 0.25) is 0 Å². The smallest absolute Gasteiger partial charge is 0.200 e. The summed E-state index contributed by atoms with van der Waals surface area (Å²) in [6.07, 6.45) is 7.33. The zero-order valence-electron chi connectivity index (χ0n) is 16.2. The van der Waals surface area contributed by atoms with E-state index in [0.29, 0.717) is 28.8 Å². The maximum atomic E-state index is 12.4. The Morgan fingerprint density at radius 3 is 2.64 bits per heavy atom. The van der Waals surface area contributed by atoms with Crippen LogP contribution in [0.1, 0.15) is 53.1 Å². The molecule has 148 valence electrons. The van der Waals surface area contributed by atoms with Gasteiger partial charge in [0.1, 0.15) is 0 Å². The molecule has 0 aliphatic heterocycles. The summed E-state index contributed by atoms with van der Waals surface area (Å²) in [6.45, 7) is 4.12. The zero-order chi connectivity index (χ0) is 20.3. The van der Waals surface area contributed by atoms with E-state index in [-0.39, 0.29) is 11.6 Å². The van der Waals surface area contributed by atoms with Crippen molar-refractivity contribution >= 4 is 51.6 Å². The molecule has 0 bridgehead atoms. The van der Waals surface area contributed by atoms with E-state index in [1.165, 1.54) is 5.56 Å². The first-order chi connectivity index (χ1) is 13.4. The highest BCUT2D eigenvalue weighted by atomic mass is 35.5. The highest BCUT2D eigenvalue weighted by Gasteiger charge is 2.20. The van der Waals surface area contributed by atoms with Crippen molar-refractivity contribution in [2.75, 3.05) is 12.0 Å². The van der Waals surface area contributed by atoms with Gasteiger partial charge in [-0.05, 0) is 54.9 Å². The third kappa shape index (κ3) is 4.53. The number of aryl methyl sites for hydroxylation is 2. The molecule has 0 saturated carbocycles. The van der Waals surface area contributed by atoms with Crippen LogP contribution in [0.2, 0.25) is 10.0 Å². The van der Waals surface area contributed by atoms with Crippen molar-refractivity contribution in [3.05, 3.63) is 57.2 Å². The number of thioether (sulfide) groups is 1. The molecule has 3 aromatic rings. The second-order valence-corrected chi connectivity index (χ2v) is 8.71. The average Bonchev–Trinajstić information content (AvgIpc) is 3.04. The predicted octanol–water partition coefficient (Wildman–Crippen LogP) is 6.25. The van der Waals surface area contributed by atoms with Crippen molar-refractivity contribution in [3.63, 3.8) is 0 Å². The van der Waals surface area contributed by atoms with Crippen LogP contribution in [0.15, 0.2) is 24.5 Å². The number of fused-ring (bicyclic) bond motifs is 1. The maximum Gasteiger partial charge on any atom is 0.200 e. The lowest BCUT2D eigenvalue weighted by atomic mass is 9.96. The molecule has 1 unspecified atom stereocenters. The summed E-state index contributed by atoms with van der Waals surface area (Å²) < 4.78 is 0. The minimum absolute atomic E-state index is 0.0316. The van der Waals surface area contributed by atoms with Gasteiger partial charge < -0.3 is 4.98 Å². The molecular weight excluding hydrogens is 413 g/mol. The standard InChI is InChI=1S/C21H23Cl2N3OS/c1-12-9-24-21(25-10-12)17(27)6-4-5-16-18(13(2)11-28-3)14-7-8-15(22)19(23)20(14)26-16/h7-10,13,26H,4-6,11H2,1-3H3. The van der Waals surface area contributed by atoms with E-state index in [4.69, 9.17) is 23.2 Å². The molecule has 1 aromatic carbocycles. The van der Waals surface area contributed by atoms with E-state index in [1.54, 1.807) is 12.4 Å². The van der Waals surface area contributed by atoms with Gasteiger partial charge >= 0.3 is 0 Å². The highest BCUT2D eigenvalue weighted by Crippen LogP contribution is 2.37. The van der Waals surface area contributed by atoms with Crippen LogP contribution in [0.4, 0.5) is 0 Å². The Hall–Kier alpha value is -1.56. The SMILES string of the molecule is CSCC(C)c1c(CCCC(=O)c2ncc(C)cn2)[nH]c2c(Cl)c(Cl)ccc12. The number of hydrogen-bond acceptors (Lipinski definition) is 4. The summed E-state index contributed by atoms with van der Waals surface area (Å²) >= 11 is 14.4. The summed E-state index contributed by atoms with van der Waals surface area (Å²) in [5, 5.41) is 2.20. The number of rotatable bonds is 8. The number of hydrogen-bond donors (Lipinski definition) is 1. The van der Waals surface area contributed by atoms with Gasteiger partial charge in [-0.3, -0.25) is 4.79 Å². The Morgan fingerprint density at radius 1 is 1.25 bits per heavy atom. The number of nitrogens with one attached hydrogen (secondary N) is 1. The molecule has 0 amide bonds. The fraction of sp³-hybridized carbons (Fsp3) is 0.381. The third-order valence-electron chi connectivity index (χ3n) is 4.76. The number of Topliss-reactive ketones (excluding diaryl/α,β-unsaturated/α-hetero) is 1. The summed E-state index contributed by atoms with van der Waals surface area (Å²) in [5.41, 5.74) is 4.21. The van der Waals surface area contributed by atoms with E-state index < -0.39 is 0 Å². The van der Waals surface area contributed by atoms with Gasteiger partial charge in [-0.2, -0.15) is 11.8 Å². The van der Waals surface area contributed by atoms with Crippen LogP contribution in [-0.4, -0.2) is 32.7 Å². The molecule has 28 heavy (non-hydrogen) atoms. The van der Waals surface area contributed by atoms with E-state index in [2.05, 4.69) is 28.1 Å². The average molecular weight is 436 g/mol. The Bertz CT molecular complexity index is 985. The van der Waals surface area contributed by atoms with Crippen LogP contribution < -0.4 is 0 Å². The van der Waals surface area contributed by atoms with E-state index in [9.17, 15) is 4.79 Å². The number of H-pyrrole nitrogens is 1. The first-order valence-corrected chi connectivity index (χ1v) is 11.4. The monoisotopic (exact) mass is 435 g/mol. The fourth-order valence-electron chi connectivity index (χ4n) is 3.45. The van der Waals surface area contributed by atoms with Gasteiger partial charge in [0, 0.05) is 29.9 Å². The minimum atomic E-state index is -0.0316. The first kappa shape index (κ1) is 21.2. The molecule has 0 aliphatic rings. The van der Waals surface area contributed by atoms with Gasteiger partial charge in [0.25, 0.3) is 0 Å². The molecule has 4 nitrogen and oxygen atoms in total. The lowest BCUT2D eigenvalue weighted by molar-refractivity contribution is 0.0970. The van der Waals surface area contributed by atoms with Crippen LogP contribution in [0.5, 0.6) is 0 Å². The van der Waals surface area contributed by atoms with Gasteiger partial charge in [-0.25, -0.2) is 9.97 Å². The predicted molar refractivity (Wildman–Crippen MR) is 119 cm³/mol. The molecule has 2 heterocycles. The molecule has 0 fully saturated rings. The van der Waals surface area contributed by atoms with Gasteiger partial charge in [0.15, 0.2) is 11.6 Å². The number of aromatic amines is 1. The van der Waals surface area contributed by atoms with E-state index in [1.807, 2.05) is 30.8 Å². The van der Waals surface area contributed by atoms with Crippen molar-refractivity contribution < 1.29 is 4.79 Å². The topological polar surface area (TPSA) is 58.6 Å². The lowest BCUT2D eigenvalue weighted by Crippen LogP contribution is -2.06. The Labute approximate surface area is 179 Å². The summed E-state index contributed by atoms with van der Waals surface area (Å²) in [7, 11) is 0. The zero-order valence-corrected chi connectivity index (χ0v) is 18.5. The summed E-state index contributed by atoms with van der Waals surface area (Å²) in [4.78, 5) is 24.1. The minimum Gasteiger partial charge on any atom is -0.357 e. The van der Waals surface area contributed by atoms with Crippen LogP contribution in [0, 0.1) is 6.92 Å². The molecule has 0 saturated heterocycles. The molecule has 3 rings (SSSR count). The van der Waals surface area contributed by atoms with Crippen LogP contribution >= 0.6 is 35.0 Å². The number of halogens is 2. The van der Waals surface area contributed by atoms with Crippen molar-refractivity contribution in [2.45, 2.75) is 39.0 Å². The van der Waals surface area contributed by atoms with E-state index in [0.717, 1.165) is 34.3 Å². The van der Waals surface area contributed by atoms with Crippen molar-refractivity contribution in [1.29, 1.82) is 0 Å². The normalized spacial score (nSPS) is 12.5. The van der Waals surface area contributed by atoms with Crippen molar-refractivity contribution in [3.8, 4) is 0 Å². The largest absolute Gasteiger partial charge is 0.357 e. The fourth-order valence-corrected chi connectivity index (χ4v) is 4.48. The van der Waals surface area contributed by atoms with Crippen LogP contribution in [-0.2, 0) is 6.42 Å². The number of ketones is 1. The molecule has 1 N–H and O–H groups in total. The van der Waals surface area contributed by atoms with Crippen molar-refractivity contribution in [1.82, 2.24) is 15.0 Å². The molecule has 1 atom stereocenters. The second kappa shape index (κ2) is 9.29. The molecule has 7 heteroatoms. The molecule has 0 radical (unpaired) electrons. The van der Waals surface area contributed by atoms with Crippen LogP contribution in [0.25, 0.3) is 10.9 Å². The maximum absolute atomic E-state index is 12.4. The van der Waals surface area contributed by atoms with Gasteiger partial charge in [-0.15, -0.1) is 0 Å². The first-order valence-electron chi connectivity index (χ1n) is 9.21. The third-order valence-corrected chi connectivity index (χ3v) is 6.39.